The third kappa shape index (κ3) is 5.56. The van der Waals surface area contributed by atoms with Crippen molar-refractivity contribution in [3.05, 3.63) is 46.3 Å². The van der Waals surface area contributed by atoms with Gasteiger partial charge in [0.25, 0.3) is 0 Å². The molecule has 9 heteroatoms. The number of ether oxygens (including phenoxy) is 2. The highest BCUT2D eigenvalue weighted by Crippen LogP contribution is 2.32. The van der Waals surface area contributed by atoms with Crippen LogP contribution in [-0.4, -0.2) is 47.8 Å². The molecular formula is C22H28N2O7. The zero-order valence-electron chi connectivity index (χ0n) is 18.1. The molecule has 1 amide bonds. The van der Waals surface area contributed by atoms with Gasteiger partial charge in [0, 0.05) is 17.9 Å². The highest BCUT2D eigenvalue weighted by molar-refractivity contribution is 6.06. The van der Waals surface area contributed by atoms with Crippen molar-refractivity contribution in [1.82, 2.24) is 10.6 Å². The molecule has 0 aromatic heterocycles. The minimum absolute atomic E-state index is 0.0512. The van der Waals surface area contributed by atoms with Crippen LogP contribution in [-0.2, 0) is 30.3 Å². The van der Waals surface area contributed by atoms with Gasteiger partial charge in [-0.1, -0.05) is 6.07 Å². The van der Waals surface area contributed by atoms with Crippen LogP contribution in [0.1, 0.15) is 33.3 Å². The summed E-state index contributed by atoms with van der Waals surface area (Å²) < 4.78 is 10.2. The molecule has 1 aliphatic rings. The van der Waals surface area contributed by atoms with Crippen LogP contribution in [0.2, 0.25) is 0 Å². The second-order valence-electron chi connectivity index (χ2n) is 6.94. The van der Waals surface area contributed by atoms with Crippen molar-refractivity contribution >= 4 is 17.8 Å². The number of esters is 2. The van der Waals surface area contributed by atoms with Crippen molar-refractivity contribution in [2.75, 3.05) is 19.8 Å². The summed E-state index contributed by atoms with van der Waals surface area (Å²) in [5.41, 5.74) is 1.64. The number of phenols is 2. The highest BCUT2D eigenvalue weighted by atomic mass is 16.5. The molecule has 0 radical (unpaired) electrons. The van der Waals surface area contributed by atoms with Crippen molar-refractivity contribution in [3.63, 3.8) is 0 Å². The fourth-order valence-electron chi connectivity index (χ4n) is 3.37. The fourth-order valence-corrected chi connectivity index (χ4v) is 3.37. The maximum atomic E-state index is 13.1. The average Bonchev–Trinajstić information content (AvgIpc) is 2.70. The van der Waals surface area contributed by atoms with E-state index in [2.05, 4.69) is 10.6 Å². The van der Waals surface area contributed by atoms with Crippen molar-refractivity contribution < 1.29 is 34.1 Å². The van der Waals surface area contributed by atoms with Crippen molar-refractivity contribution in [1.29, 1.82) is 0 Å². The Hall–Kier alpha value is -3.49. The minimum Gasteiger partial charge on any atom is -0.504 e. The molecule has 0 unspecified atom stereocenters. The molecule has 1 aromatic carbocycles. The van der Waals surface area contributed by atoms with Crippen molar-refractivity contribution in [2.24, 2.45) is 5.92 Å². The summed E-state index contributed by atoms with van der Waals surface area (Å²) in [6.45, 7) is 6.99. The Kier molecular flexibility index (Phi) is 8.07. The third-order valence-corrected chi connectivity index (χ3v) is 4.77. The normalized spacial score (nSPS) is 14.2. The van der Waals surface area contributed by atoms with E-state index in [1.165, 1.54) is 12.1 Å². The van der Waals surface area contributed by atoms with E-state index < -0.39 is 23.8 Å². The van der Waals surface area contributed by atoms with Gasteiger partial charge in [-0.3, -0.25) is 4.79 Å². The van der Waals surface area contributed by atoms with Crippen LogP contribution in [0.3, 0.4) is 0 Å². The van der Waals surface area contributed by atoms with Gasteiger partial charge in [-0.2, -0.15) is 0 Å². The topological polar surface area (TPSA) is 134 Å². The van der Waals surface area contributed by atoms with E-state index in [9.17, 15) is 24.6 Å². The Morgan fingerprint density at radius 2 is 1.52 bits per heavy atom. The Bertz CT molecular complexity index is 894. The zero-order valence-corrected chi connectivity index (χ0v) is 18.1. The number of dihydropyridines is 1. The molecular weight excluding hydrogens is 404 g/mol. The number of aromatic hydroxyl groups is 2. The molecule has 0 aliphatic carbocycles. The van der Waals surface area contributed by atoms with Gasteiger partial charge in [-0.05, 0) is 51.8 Å². The SMILES string of the molecule is CCOC(=O)C1=C(C)NC(C)=C(C(=O)OCC)C1C(=O)NCCc1ccc(O)c(O)c1. The molecule has 2 rings (SSSR count). The molecule has 0 spiro atoms. The molecule has 0 bridgehead atoms. The molecule has 31 heavy (non-hydrogen) atoms. The van der Waals surface area contributed by atoms with Crippen LogP contribution in [0.25, 0.3) is 0 Å². The summed E-state index contributed by atoms with van der Waals surface area (Å²) in [7, 11) is 0. The molecule has 1 aliphatic heterocycles. The second kappa shape index (κ2) is 10.5. The summed E-state index contributed by atoms with van der Waals surface area (Å²) in [5.74, 6) is -3.60. The van der Waals surface area contributed by atoms with Crippen LogP contribution in [0.15, 0.2) is 40.7 Å². The van der Waals surface area contributed by atoms with Crippen LogP contribution < -0.4 is 10.6 Å². The molecule has 0 atom stereocenters. The van der Waals surface area contributed by atoms with E-state index in [4.69, 9.17) is 9.47 Å². The van der Waals surface area contributed by atoms with Crippen LogP contribution in [0.5, 0.6) is 11.5 Å². The summed E-state index contributed by atoms with van der Waals surface area (Å²) in [5, 5.41) is 24.7. The number of carbonyl (C=O) groups excluding carboxylic acids is 3. The fraction of sp³-hybridized carbons (Fsp3) is 0.409. The number of benzene rings is 1. The number of allylic oxidation sites excluding steroid dienone is 2. The number of hydrogen-bond donors (Lipinski definition) is 4. The lowest BCUT2D eigenvalue weighted by Crippen LogP contribution is -2.42. The lowest BCUT2D eigenvalue weighted by molar-refractivity contribution is -0.142. The number of amides is 1. The molecule has 9 nitrogen and oxygen atoms in total. The van der Waals surface area contributed by atoms with Gasteiger partial charge in [0.2, 0.25) is 5.91 Å². The standard InChI is InChI=1S/C22H28N2O7/c1-5-30-21(28)17-12(3)24-13(4)18(22(29)31-6-2)19(17)20(27)23-10-9-14-7-8-15(25)16(26)11-14/h7-8,11,19,24-26H,5-6,9-10H2,1-4H3,(H,23,27). The van der Waals surface area contributed by atoms with Crippen LogP contribution in [0.4, 0.5) is 0 Å². The first-order valence-electron chi connectivity index (χ1n) is 10.0. The zero-order chi connectivity index (χ0) is 23.1. The first-order chi connectivity index (χ1) is 14.7. The summed E-state index contributed by atoms with van der Waals surface area (Å²) in [6.07, 6.45) is 0.361. The summed E-state index contributed by atoms with van der Waals surface area (Å²) >= 11 is 0. The summed E-state index contributed by atoms with van der Waals surface area (Å²) in [6, 6.07) is 4.37. The third-order valence-electron chi connectivity index (χ3n) is 4.77. The van der Waals surface area contributed by atoms with Crippen LogP contribution >= 0.6 is 0 Å². The number of nitrogens with one attached hydrogen (secondary N) is 2. The molecule has 1 heterocycles. The van der Waals surface area contributed by atoms with Gasteiger partial charge >= 0.3 is 11.9 Å². The first-order valence-corrected chi connectivity index (χ1v) is 10.0. The van der Waals surface area contributed by atoms with Crippen molar-refractivity contribution in [2.45, 2.75) is 34.1 Å². The number of carbonyl (C=O) groups is 3. The Morgan fingerprint density at radius 1 is 0.968 bits per heavy atom. The van der Waals surface area contributed by atoms with Gasteiger partial charge in [0.05, 0.1) is 24.4 Å². The molecule has 1 aromatic rings. The van der Waals surface area contributed by atoms with Gasteiger partial charge in [0.1, 0.15) is 5.92 Å². The largest absolute Gasteiger partial charge is 0.504 e. The number of hydrogen-bond acceptors (Lipinski definition) is 8. The maximum absolute atomic E-state index is 13.1. The Balaban J connectivity index is 2.28. The van der Waals surface area contributed by atoms with Gasteiger partial charge in [-0.15, -0.1) is 0 Å². The molecule has 0 saturated heterocycles. The quantitative estimate of drug-likeness (QED) is 0.360. The van der Waals surface area contributed by atoms with Gasteiger partial charge in [0.15, 0.2) is 11.5 Å². The van der Waals surface area contributed by atoms with E-state index in [0.29, 0.717) is 23.4 Å². The molecule has 0 fully saturated rings. The monoisotopic (exact) mass is 432 g/mol. The Morgan fingerprint density at radius 3 is 2.00 bits per heavy atom. The maximum Gasteiger partial charge on any atom is 0.336 e. The van der Waals surface area contributed by atoms with E-state index in [1.807, 2.05) is 0 Å². The lowest BCUT2D eigenvalue weighted by Gasteiger charge is -2.29. The predicted molar refractivity (Wildman–Crippen MR) is 112 cm³/mol. The highest BCUT2D eigenvalue weighted by Gasteiger charge is 2.41. The number of phenolic OH excluding ortho intramolecular Hbond substituents is 2. The summed E-state index contributed by atoms with van der Waals surface area (Å²) in [4.78, 5) is 38.3. The molecule has 168 valence electrons. The molecule has 0 saturated carbocycles. The minimum atomic E-state index is -1.19. The Labute approximate surface area is 180 Å². The average molecular weight is 432 g/mol. The van der Waals surface area contributed by atoms with Crippen molar-refractivity contribution in [3.8, 4) is 11.5 Å². The van der Waals surface area contributed by atoms with Gasteiger partial charge in [-0.25, -0.2) is 9.59 Å². The van der Waals surface area contributed by atoms with E-state index in [1.54, 1.807) is 33.8 Å². The second-order valence-corrected chi connectivity index (χ2v) is 6.94. The first kappa shape index (κ1) is 23.8. The molecule has 4 N–H and O–H groups in total. The van der Waals surface area contributed by atoms with Crippen LogP contribution in [0, 0.1) is 5.92 Å². The predicted octanol–water partition coefficient (Wildman–Crippen LogP) is 1.65. The smallest absolute Gasteiger partial charge is 0.336 e. The van der Waals surface area contributed by atoms with E-state index in [-0.39, 0.29) is 42.4 Å². The van der Waals surface area contributed by atoms with E-state index >= 15 is 0 Å². The lowest BCUT2D eigenvalue weighted by atomic mass is 9.84. The van der Waals surface area contributed by atoms with E-state index in [0.717, 1.165) is 0 Å². The van der Waals surface area contributed by atoms with Gasteiger partial charge < -0.3 is 30.3 Å². The number of rotatable bonds is 8.